The zero-order chi connectivity index (χ0) is 14.9. The first-order chi connectivity index (χ1) is 9.45. The van der Waals surface area contributed by atoms with Crippen molar-refractivity contribution < 1.29 is 0 Å². The van der Waals surface area contributed by atoms with E-state index in [1.54, 1.807) is 0 Å². The number of hydrogen-bond acceptors (Lipinski definition) is 2. The minimum absolute atomic E-state index is 0.161. The molecule has 102 valence electrons. The predicted molar refractivity (Wildman–Crippen MR) is 89.1 cm³/mol. The number of nitriles is 1. The Balaban J connectivity index is 2.48. The normalized spacial score (nSPS) is 11.9. The topological polar surface area (TPSA) is 28.7 Å². The average molecular weight is 347 g/mol. The first-order valence-corrected chi connectivity index (χ1v) is 7.52. The summed E-state index contributed by atoms with van der Waals surface area (Å²) in [5, 5.41) is 9.09. The summed E-state index contributed by atoms with van der Waals surface area (Å²) >= 11 is 9.17. The standard InChI is InChI=1S/C16H15BrN2S/c1-10-4-6-12(7-5-10)16(20)15-13(17)8-14(19(15)3)11(2)9-18/h4-8,11H,1-3H3. The third-order valence-corrected chi connectivity index (χ3v) is 4.42. The Kier molecular flexibility index (Phi) is 4.42. The molecule has 1 heterocycles. The first kappa shape index (κ1) is 15.0. The number of rotatable bonds is 3. The Labute approximate surface area is 133 Å². The van der Waals surface area contributed by atoms with Gasteiger partial charge in [0.1, 0.15) is 0 Å². The maximum atomic E-state index is 9.09. The van der Waals surface area contributed by atoms with Gasteiger partial charge in [-0.3, -0.25) is 0 Å². The maximum Gasteiger partial charge on any atom is 0.0837 e. The summed E-state index contributed by atoms with van der Waals surface area (Å²) in [6.45, 7) is 3.94. The van der Waals surface area contributed by atoms with Gasteiger partial charge < -0.3 is 4.57 Å². The quantitative estimate of drug-likeness (QED) is 0.605. The van der Waals surface area contributed by atoms with E-state index >= 15 is 0 Å². The van der Waals surface area contributed by atoms with Gasteiger partial charge in [-0.25, -0.2) is 0 Å². The summed E-state index contributed by atoms with van der Waals surface area (Å²) in [6.07, 6.45) is 0. The zero-order valence-electron chi connectivity index (χ0n) is 11.6. The van der Waals surface area contributed by atoms with Crippen LogP contribution in [0.15, 0.2) is 34.8 Å². The highest BCUT2D eigenvalue weighted by molar-refractivity contribution is 9.10. The van der Waals surface area contributed by atoms with E-state index in [2.05, 4.69) is 41.1 Å². The molecule has 0 amide bonds. The smallest absolute Gasteiger partial charge is 0.0837 e. The highest BCUT2D eigenvalue weighted by Gasteiger charge is 2.19. The van der Waals surface area contributed by atoms with Gasteiger partial charge in [0.2, 0.25) is 0 Å². The Morgan fingerprint density at radius 1 is 1.35 bits per heavy atom. The van der Waals surface area contributed by atoms with Crippen molar-refractivity contribution in [2.75, 3.05) is 0 Å². The van der Waals surface area contributed by atoms with E-state index in [1.807, 2.05) is 36.7 Å². The molecule has 0 fully saturated rings. The van der Waals surface area contributed by atoms with E-state index < -0.39 is 0 Å². The molecule has 0 aliphatic rings. The molecule has 0 saturated carbocycles. The fourth-order valence-corrected chi connectivity index (χ4v) is 3.38. The number of nitrogens with zero attached hydrogens (tertiary/aromatic N) is 2. The van der Waals surface area contributed by atoms with Crippen LogP contribution >= 0.6 is 28.1 Å². The number of thiocarbonyl (C=S) groups is 1. The lowest BCUT2D eigenvalue weighted by atomic mass is 10.1. The van der Waals surface area contributed by atoms with E-state index in [1.165, 1.54) is 5.56 Å². The summed E-state index contributed by atoms with van der Waals surface area (Å²) in [5.41, 5.74) is 4.13. The second-order valence-corrected chi connectivity index (χ2v) is 6.13. The highest BCUT2D eigenvalue weighted by atomic mass is 79.9. The van der Waals surface area contributed by atoms with E-state index in [9.17, 15) is 0 Å². The van der Waals surface area contributed by atoms with Gasteiger partial charge in [0.25, 0.3) is 0 Å². The van der Waals surface area contributed by atoms with E-state index in [0.717, 1.165) is 26.3 Å². The van der Waals surface area contributed by atoms with Crippen molar-refractivity contribution >= 4 is 33.0 Å². The van der Waals surface area contributed by atoms with E-state index in [4.69, 9.17) is 17.5 Å². The van der Waals surface area contributed by atoms with Gasteiger partial charge >= 0.3 is 0 Å². The van der Waals surface area contributed by atoms with Gasteiger partial charge in [-0.05, 0) is 41.4 Å². The van der Waals surface area contributed by atoms with Crippen molar-refractivity contribution in [2.24, 2.45) is 7.05 Å². The Bertz CT molecular complexity index is 693. The van der Waals surface area contributed by atoms with Gasteiger partial charge in [0.15, 0.2) is 0 Å². The molecule has 0 radical (unpaired) electrons. The van der Waals surface area contributed by atoms with Crippen LogP contribution in [-0.4, -0.2) is 9.43 Å². The lowest BCUT2D eigenvalue weighted by molar-refractivity contribution is 0.788. The number of halogens is 1. The molecule has 20 heavy (non-hydrogen) atoms. The number of aryl methyl sites for hydroxylation is 1. The van der Waals surface area contributed by atoms with E-state index in [0.29, 0.717) is 0 Å². The minimum Gasteiger partial charge on any atom is -0.345 e. The molecule has 0 aliphatic heterocycles. The number of hydrogen-bond donors (Lipinski definition) is 0. The van der Waals surface area contributed by atoms with Crippen molar-refractivity contribution in [3.05, 3.63) is 57.3 Å². The molecule has 1 unspecified atom stereocenters. The molecule has 1 aromatic carbocycles. The summed E-state index contributed by atoms with van der Waals surface area (Å²) < 4.78 is 2.93. The van der Waals surface area contributed by atoms with Crippen molar-refractivity contribution in [1.82, 2.24) is 4.57 Å². The van der Waals surface area contributed by atoms with Gasteiger partial charge in [0.05, 0.1) is 22.5 Å². The van der Waals surface area contributed by atoms with Crippen LogP contribution in [0.4, 0.5) is 0 Å². The summed E-state index contributed by atoms with van der Waals surface area (Å²) in [4.78, 5) is 0.788. The Morgan fingerprint density at radius 3 is 2.50 bits per heavy atom. The van der Waals surface area contributed by atoms with Gasteiger partial charge in [-0.2, -0.15) is 5.26 Å². The average Bonchev–Trinajstić information content (AvgIpc) is 2.73. The van der Waals surface area contributed by atoms with Crippen LogP contribution in [0.1, 0.15) is 35.4 Å². The SMILES string of the molecule is Cc1ccc(C(=S)c2c(Br)cc(C(C)C#N)n2C)cc1. The lowest BCUT2D eigenvalue weighted by Crippen LogP contribution is -2.09. The van der Waals surface area contributed by atoms with Crippen LogP contribution in [0.2, 0.25) is 0 Å². The second kappa shape index (κ2) is 5.90. The molecule has 2 nitrogen and oxygen atoms in total. The molecular formula is C16H15BrN2S. The zero-order valence-corrected chi connectivity index (χ0v) is 14.0. The number of benzene rings is 1. The summed E-state index contributed by atoms with van der Waals surface area (Å²) in [5.74, 6) is -0.161. The monoisotopic (exact) mass is 346 g/mol. The Hall–Kier alpha value is -1.44. The maximum absolute atomic E-state index is 9.09. The summed E-state index contributed by atoms with van der Waals surface area (Å²) in [6, 6.07) is 12.4. The molecule has 0 aliphatic carbocycles. The van der Waals surface area contributed by atoms with Crippen LogP contribution in [0, 0.1) is 18.3 Å². The van der Waals surface area contributed by atoms with Crippen LogP contribution in [0.3, 0.4) is 0 Å². The van der Waals surface area contributed by atoms with Gasteiger partial charge in [-0.15, -0.1) is 0 Å². The van der Waals surface area contributed by atoms with Crippen molar-refractivity contribution in [3.63, 3.8) is 0 Å². The van der Waals surface area contributed by atoms with Crippen molar-refractivity contribution in [3.8, 4) is 6.07 Å². The van der Waals surface area contributed by atoms with Crippen LogP contribution < -0.4 is 0 Å². The van der Waals surface area contributed by atoms with Crippen LogP contribution in [-0.2, 0) is 7.05 Å². The summed E-state index contributed by atoms with van der Waals surface area (Å²) in [7, 11) is 1.95. The minimum atomic E-state index is -0.161. The molecule has 2 aromatic rings. The molecule has 0 N–H and O–H groups in total. The molecule has 4 heteroatoms. The molecule has 1 aromatic heterocycles. The molecule has 0 bridgehead atoms. The van der Waals surface area contributed by atoms with Crippen molar-refractivity contribution in [2.45, 2.75) is 19.8 Å². The molecule has 0 saturated heterocycles. The largest absolute Gasteiger partial charge is 0.345 e. The third kappa shape index (κ3) is 2.70. The van der Waals surface area contributed by atoms with E-state index in [-0.39, 0.29) is 5.92 Å². The fraction of sp³-hybridized carbons (Fsp3) is 0.250. The fourth-order valence-electron chi connectivity index (χ4n) is 2.17. The first-order valence-electron chi connectivity index (χ1n) is 6.31. The molecule has 2 rings (SSSR count). The third-order valence-electron chi connectivity index (χ3n) is 3.39. The second-order valence-electron chi connectivity index (χ2n) is 4.87. The Morgan fingerprint density at radius 2 is 1.95 bits per heavy atom. The molecule has 1 atom stereocenters. The highest BCUT2D eigenvalue weighted by Crippen LogP contribution is 2.28. The molecular weight excluding hydrogens is 332 g/mol. The lowest BCUT2D eigenvalue weighted by Gasteiger charge is -2.10. The van der Waals surface area contributed by atoms with Crippen LogP contribution in [0.5, 0.6) is 0 Å². The number of aromatic nitrogens is 1. The van der Waals surface area contributed by atoms with Gasteiger partial charge in [0, 0.05) is 17.2 Å². The predicted octanol–water partition coefficient (Wildman–Crippen LogP) is 4.49. The van der Waals surface area contributed by atoms with Crippen LogP contribution in [0.25, 0.3) is 0 Å². The molecule has 0 spiro atoms. The van der Waals surface area contributed by atoms with Gasteiger partial charge in [-0.1, -0.05) is 42.0 Å². The van der Waals surface area contributed by atoms with Crippen molar-refractivity contribution in [1.29, 1.82) is 5.26 Å².